The molecule has 0 aromatic rings. The van der Waals surface area contributed by atoms with E-state index in [9.17, 15) is 9.46 Å². The van der Waals surface area contributed by atoms with Crippen LogP contribution in [0.25, 0.3) is 0 Å². The van der Waals surface area contributed by atoms with Crippen LogP contribution in [0.3, 0.4) is 0 Å². The van der Waals surface area contributed by atoms with Crippen LogP contribution in [-0.4, -0.2) is 70.5 Å². The zero-order valence-corrected chi connectivity index (χ0v) is 14.7. The molecule has 10 heteroatoms. The van der Waals surface area contributed by atoms with Crippen molar-refractivity contribution in [2.45, 2.75) is 62.5 Å². The minimum atomic E-state index is -3.87. The first-order valence-electron chi connectivity index (χ1n) is 8.08. The monoisotopic (exact) mass is 332 g/mol. The molecule has 2 rings (SSSR count). The Balaban J connectivity index is 1.84. The molecule has 0 aromatic carbocycles. The maximum absolute atomic E-state index is 12.3. The van der Waals surface area contributed by atoms with E-state index >= 15 is 0 Å². The summed E-state index contributed by atoms with van der Waals surface area (Å²) >= 11 is 0. The molecule has 0 amide bonds. The van der Waals surface area contributed by atoms with Crippen molar-refractivity contribution in [3.8, 4) is 0 Å². The van der Waals surface area contributed by atoms with Crippen molar-refractivity contribution < 1.29 is 23.5 Å². The summed E-state index contributed by atoms with van der Waals surface area (Å²) in [4.78, 5) is 10.1. The van der Waals surface area contributed by atoms with Gasteiger partial charge in [-0.2, -0.15) is 0 Å². The molecule has 3 N–H and O–H groups in total. The average molecular weight is 332 g/mol. The van der Waals surface area contributed by atoms with E-state index in [0.29, 0.717) is 6.42 Å². The van der Waals surface area contributed by atoms with Crippen molar-refractivity contribution in [1.82, 2.24) is 10.4 Å². The van der Waals surface area contributed by atoms with Crippen LogP contribution in [0.1, 0.15) is 26.2 Å². The minimum Gasteiger partial charge on any atom is -0.382 e. The maximum atomic E-state index is 12.3. The summed E-state index contributed by atoms with van der Waals surface area (Å²) in [6.07, 6.45) is 2.13. The Morgan fingerprint density at radius 2 is 1.82 bits per heavy atom. The van der Waals surface area contributed by atoms with Crippen LogP contribution >= 0.6 is 7.75 Å². The predicted octanol–water partition coefficient (Wildman–Crippen LogP) is -1.44. The fourth-order valence-corrected chi connectivity index (χ4v) is 4.43. The third kappa shape index (κ3) is 4.81. The highest BCUT2D eigenvalue weighted by molar-refractivity contribution is 7.50. The number of hydrogen-bond donors (Lipinski definition) is 3. The molecule has 2 heterocycles. The van der Waals surface area contributed by atoms with Crippen LogP contribution in [0.4, 0.5) is 0 Å². The van der Waals surface area contributed by atoms with E-state index < -0.39 is 7.75 Å². The highest BCUT2D eigenvalue weighted by Crippen LogP contribution is 2.41. The van der Waals surface area contributed by atoms with E-state index in [4.69, 9.17) is 14.0 Å². The van der Waals surface area contributed by atoms with Gasteiger partial charge in [-0.25, -0.2) is 9.65 Å². The first-order chi connectivity index (χ1) is 10.3. The van der Waals surface area contributed by atoms with Crippen molar-refractivity contribution >= 4 is 23.4 Å². The summed E-state index contributed by atoms with van der Waals surface area (Å²) in [5.41, 5.74) is 0. The fraction of sp³-hybridized carbons (Fsp3) is 1.00. The Morgan fingerprint density at radius 3 is 2.41 bits per heavy atom. The van der Waals surface area contributed by atoms with Gasteiger partial charge in [-0.3, -0.25) is 4.52 Å². The van der Waals surface area contributed by atoms with E-state index in [2.05, 4.69) is 10.4 Å². The van der Waals surface area contributed by atoms with E-state index in [0.717, 1.165) is 12.8 Å². The van der Waals surface area contributed by atoms with Crippen LogP contribution in [0.5, 0.6) is 0 Å². The first kappa shape index (κ1) is 18.5. The third-order valence-electron chi connectivity index (χ3n) is 4.40. The lowest BCUT2D eigenvalue weighted by Crippen LogP contribution is -2.38. The van der Waals surface area contributed by atoms with Gasteiger partial charge in [0.2, 0.25) is 0 Å². The van der Waals surface area contributed by atoms with Gasteiger partial charge in [-0.15, -0.1) is 0 Å². The van der Waals surface area contributed by atoms with E-state index in [1.54, 1.807) is 0 Å². The van der Waals surface area contributed by atoms with Crippen LogP contribution in [-0.2, 0) is 18.6 Å². The summed E-state index contributed by atoms with van der Waals surface area (Å²) in [5, 5.41) is 5.90. The molecule has 0 bridgehead atoms. The Bertz CT molecular complexity index is 419. The molecule has 0 spiro atoms. The van der Waals surface area contributed by atoms with E-state index in [1.807, 2.05) is 29.7 Å². The molecule has 126 valence electrons. The molecule has 2 aliphatic heterocycles. The Kier molecular flexibility index (Phi) is 6.54. The molecule has 2 saturated heterocycles. The summed E-state index contributed by atoms with van der Waals surface area (Å²) in [5.74, 6) is 0. The quantitative estimate of drug-likeness (QED) is 0.389. The lowest BCUT2D eigenvalue weighted by molar-refractivity contribution is 0.0366. The van der Waals surface area contributed by atoms with Crippen LogP contribution < -0.4 is 10.4 Å². The molecule has 1 unspecified atom stereocenters. The largest absolute Gasteiger partial charge is 0.403 e. The molecule has 22 heavy (non-hydrogen) atoms. The van der Waals surface area contributed by atoms with Gasteiger partial charge in [0.05, 0.1) is 18.8 Å². The SMILES string of the molecule is B[C@H]1C[C@@H](NC)[C@@H](COP(=O)(O)N[C@@H]2C[C@H](B)O[C@@H]2CC)O1. The van der Waals surface area contributed by atoms with Crippen molar-refractivity contribution in [3.05, 3.63) is 0 Å². The van der Waals surface area contributed by atoms with Crippen LogP contribution in [0.15, 0.2) is 0 Å². The van der Waals surface area contributed by atoms with E-state index in [-0.39, 0.29) is 42.9 Å². The zero-order chi connectivity index (χ0) is 16.3. The smallest absolute Gasteiger partial charge is 0.382 e. The molecule has 2 aliphatic rings. The van der Waals surface area contributed by atoms with Crippen LogP contribution in [0.2, 0.25) is 0 Å². The minimum absolute atomic E-state index is 0.0492. The zero-order valence-electron chi connectivity index (χ0n) is 13.8. The third-order valence-corrected chi connectivity index (χ3v) is 5.56. The topological polar surface area (TPSA) is 89.1 Å². The van der Waals surface area contributed by atoms with Gasteiger partial charge < -0.3 is 19.7 Å². The van der Waals surface area contributed by atoms with Gasteiger partial charge in [-0.05, 0) is 26.3 Å². The van der Waals surface area contributed by atoms with Gasteiger partial charge in [0.25, 0.3) is 0 Å². The van der Waals surface area contributed by atoms with Gasteiger partial charge in [0, 0.05) is 24.1 Å². The van der Waals surface area contributed by atoms with E-state index in [1.165, 1.54) is 0 Å². The summed E-state index contributed by atoms with van der Waals surface area (Å²) in [7, 11) is 1.96. The van der Waals surface area contributed by atoms with Crippen molar-refractivity contribution in [2.75, 3.05) is 13.7 Å². The molecule has 7 nitrogen and oxygen atoms in total. The number of likely N-dealkylation sites (N-methyl/N-ethyl adjacent to an activating group) is 1. The lowest BCUT2D eigenvalue weighted by atomic mass is 9.95. The predicted molar refractivity (Wildman–Crippen MR) is 89.5 cm³/mol. The number of hydrogen-bond acceptors (Lipinski definition) is 5. The second kappa shape index (κ2) is 7.79. The maximum Gasteiger partial charge on any atom is 0.403 e. The Hall–Kier alpha value is 0.120. The second-order valence-corrected chi connectivity index (χ2v) is 7.85. The second-order valence-electron chi connectivity index (χ2n) is 6.30. The standard InChI is InChI=1S/C12H27B2N2O5P/c1-3-9-8(5-12(14)20-9)16-22(17,18)19-6-10-7(15-2)4-11(13)21-10/h7-12,15H,3-6,13-14H2,1-2H3,(H2,16,17,18)/t7-,8-,9-,10-,11-,12-/m1/s1. The molecule has 7 atom stereocenters. The summed E-state index contributed by atoms with van der Waals surface area (Å²) in [6, 6.07) is 0.216. The summed E-state index contributed by atoms with van der Waals surface area (Å²) in [6.45, 7) is 2.10. The normalized spacial score (nSPS) is 41.6. The Labute approximate surface area is 134 Å². The van der Waals surface area contributed by atoms with Gasteiger partial charge in [-0.1, -0.05) is 6.92 Å². The van der Waals surface area contributed by atoms with Gasteiger partial charge in [0.15, 0.2) is 0 Å². The number of nitrogens with one attached hydrogen (secondary N) is 2. The Morgan fingerprint density at radius 1 is 1.23 bits per heavy atom. The molecule has 0 aromatic heterocycles. The summed E-state index contributed by atoms with van der Waals surface area (Å²) < 4.78 is 29.0. The number of rotatable bonds is 7. The molecular weight excluding hydrogens is 305 g/mol. The number of ether oxygens (including phenoxy) is 2. The van der Waals surface area contributed by atoms with Gasteiger partial charge >= 0.3 is 7.75 Å². The van der Waals surface area contributed by atoms with Crippen LogP contribution in [0, 0.1) is 0 Å². The van der Waals surface area contributed by atoms with Crippen molar-refractivity contribution in [1.29, 1.82) is 0 Å². The molecule has 2 fully saturated rings. The lowest BCUT2D eigenvalue weighted by Gasteiger charge is -2.24. The molecule has 0 radical (unpaired) electrons. The average Bonchev–Trinajstić information content (AvgIpc) is 2.98. The highest BCUT2D eigenvalue weighted by atomic mass is 31.2. The van der Waals surface area contributed by atoms with Gasteiger partial charge in [0.1, 0.15) is 15.7 Å². The fourth-order valence-electron chi connectivity index (χ4n) is 3.31. The highest BCUT2D eigenvalue weighted by Gasteiger charge is 2.38. The van der Waals surface area contributed by atoms with Crippen molar-refractivity contribution in [2.24, 2.45) is 0 Å². The molecule has 0 saturated carbocycles. The molecule has 0 aliphatic carbocycles. The molecular formula is C12H27B2N2O5P. The first-order valence-corrected chi connectivity index (χ1v) is 9.65. The van der Waals surface area contributed by atoms with Crippen molar-refractivity contribution in [3.63, 3.8) is 0 Å².